The second kappa shape index (κ2) is 13.2. The van der Waals surface area contributed by atoms with Crippen LogP contribution in [-0.4, -0.2) is 42.1 Å². The average molecular weight is 517 g/mol. The van der Waals surface area contributed by atoms with Gasteiger partial charge in [-0.15, -0.1) is 0 Å². The number of aryl methyl sites for hydroxylation is 1. The molecule has 2 rings (SSSR count). The van der Waals surface area contributed by atoms with Crippen LogP contribution in [-0.2, 0) is 14.3 Å². The zero-order valence-electron chi connectivity index (χ0n) is 22.8. The molecule has 1 aromatic heterocycles. The summed E-state index contributed by atoms with van der Waals surface area (Å²) in [6, 6.07) is 5.06. The van der Waals surface area contributed by atoms with E-state index in [1.807, 2.05) is 34.6 Å². The van der Waals surface area contributed by atoms with Gasteiger partial charge in [-0.05, 0) is 55.4 Å². The Balaban J connectivity index is 2.31. The monoisotopic (exact) mass is 516 g/mol. The van der Waals surface area contributed by atoms with Crippen molar-refractivity contribution >= 4 is 17.8 Å². The highest BCUT2D eigenvalue weighted by molar-refractivity contribution is 5.98. The minimum Gasteiger partial charge on any atom is -0.493 e. The predicted octanol–water partition coefficient (Wildman–Crippen LogP) is 4.98. The molecule has 0 aliphatic heterocycles. The van der Waals surface area contributed by atoms with Crippen molar-refractivity contribution < 1.29 is 33.0 Å². The van der Waals surface area contributed by atoms with Gasteiger partial charge in [0.05, 0.1) is 7.11 Å². The lowest BCUT2D eigenvalue weighted by Crippen LogP contribution is -2.44. The third-order valence-electron chi connectivity index (χ3n) is 5.96. The van der Waals surface area contributed by atoms with Gasteiger partial charge in [-0.3, -0.25) is 9.59 Å². The first kappa shape index (κ1) is 29.7. The Kier molecular flexibility index (Phi) is 10.6. The fourth-order valence-corrected chi connectivity index (χ4v) is 4.41. The Morgan fingerprint density at radius 3 is 2.30 bits per heavy atom. The molecule has 202 valence electrons. The number of hydrogen-bond donors (Lipinski definition) is 1. The Bertz CT molecular complexity index is 1120. The van der Waals surface area contributed by atoms with Gasteiger partial charge in [0.1, 0.15) is 18.0 Å². The summed E-state index contributed by atoms with van der Waals surface area (Å²) in [5.74, 6) is -2.30. The van der Waals surface area contributed by atoms with Gasteiger partial charge >= 0.3 is 11.9 Å². The van der Waals surface area contributed by atoms with Gasteiger partial charge < -0.3 is 19.5 Å². The number of ether oxygens (including phenoxy) is 3. The largest absolute Gasteiger partial charge is 0.493 e. The highest BCUT2D eigenvalue weighted by atomic mass is 19.1. The quantitative estimate of drug-likeness (QED) is 0.420. The third-order valence-corrected chi connectivity index (χ3v) is 5.96. The molecule has 0 fully saturated rings. The van der Waals surface area contributed by atoms with Gasteiger partial charge in [0, 0.05) is 25.1 Å². The molecular formula is C28H37FN2O6. The molecule has 1 aromatic carbocycles. The van der Waals surface area contributed by atoms with E-state index in [1.165, 1.54) is 38.4 Å². The topological polar surface area (TPSA) is 104 Å². The molecule has 0 spiro atoms. The molecule has 0 aliphatic rings. The van der Waals surface area contributed by atoms with E-state index < -0.39 is 30.0 Å². The first-order valence-electron chi connectivity index (χ1n) is 12.3. The number of benzene rings is 1. The maximum Gasteiger partial charge on any atom is 0.328 e. The molecule has 1 N–H and O–H groups in total. The summed E-state index contributed by atoms with van der Waals surface area (Å²) in [5, 5.41) is 2.69. The lowest BCUT2D eigenvalue weighted by molar-refractivity contribution is -0.152. The SMILES string of the molecule is COc1ccnc(C(=O)N[C@@H](CC(C)C)C(=O)O[C@@H](C)[C@H](c2ccc(F)cc2C)C(C)C)c1OC(C)=O. The van der Waals surface area contributed by atoms with Gasteiger partial charge in [0.25, 0.3) is 5.91 Å². The normalized spacial score (nSPS) is 13.6. The van der Waals surface area contributed by atoms with E-state index in [1.54, 1.807) is 13.0 Å². The summed E-state index contributed by atoms with van der Waals surface area (Å²) in [7, 11) is 1.37. The summed E-state index contributed by atoms with van der Waals surface area (Å²) in [5.41, 5.74) is 1.48. The van der Waals surface area contributed by atoms with E-state index in [9.17, 15) is 18.8 Å². The number of carbonyl (C=O) groups excluding carboxylic acids is 3. The van der Waals surface area contributed by atoms with E-state index in [2.05, 4.69) is 10.3 Å². The number of nitrogens with zero attached hydrogens (tertiary/aromatic N) is 1. The van der Waals surface area contributed by atoms with E-state index in [-0.39, 0.29) is 40.8 Å². The number of esters is 2. The number of rotatable bonds is 11. The Morgan fingerprint density at radius 1 is 1.08 bits per heavy atom. The predicted molar refractivity (Wildman–Crippen MR) is 137 cm³/mol. The number of carbonyl (C=O) groups is 3. The number of halogens is 1. The second-order valence-electron chi connectivity index (χ2n) is 9.85. The molecular weight excluding hydrogens is 479 g/mol. The van der Waals surface area contributed by atoms with Crippen LogP contribution < -0.4 is 14.8 Å². The van der Waals surface area contributed by atoms with Crippen molar-refractivity contribution in [2.45, 2.75) is 73.0 Å². The molecule has 1 heterocycles. The number of methoxy groups -OCH3 is 1. The Hall–Kier alpha value is -3.49. The number of pyridine rings is 1. The van der Waals surface area contributed by atoms with Crippen LogP contribution in [0.4, 0.5) is 4.39 Å². The molecule has 0 bridgehead atoms. The summed E-state index contributed by atoms with van der Waals surface area (Å²) in [4.78, 5) is 42.1. The lowest BCUT2D eigenvalue weighted by atomic mass is 9.82. The summed E-state index contributed by atoms with van der Waals surface area (Å²) >= 11 is 0. The third kappa shape index (κ3) is 8.00. The zero-order valence-corrected chi connectivity index (χ0v) is 22.8. The molecule has 0 saturated carbocycles. The minimum atomic E-state index is -0.977. The highest BCUT2D eigenvalue weighted by Gasteiger charge is 2.32. The second-order valence-corrected chi connectivity index (χ2v) is 9.85. The van der Waals surface area contributed by atoms with E-state index in [0.29, 0.717) is 6.42 Å². The fourth-order valence-electron chi connectivity index (χ4n) is 4.41. The van der Waals surface area contributed by atoms with Gasteiger partial charge in [-0.25, -0.2) is 14.2 Å². The van der Waals surface area contributed by atoms with Crippen LogP contribution in [0.5, 0.6) is 11.5 Å². The number of hydrogen-bond acceptors (Lipinski definition) is 7. The Labute approximate surface area is 217 Å². The Morgan fingerprint density at radius 2 is 1.76 bits per heavy atom. The summed E-state index contributed by atoms with van der Waals surface area (Å²) < 4.78 is 29.9. The van der Waals surface area contributed by atoms with E-state index in [0.717, 1.165) is 11.1 Å². The smallest absolute Gasteiger partial charge is 0.328 e. The van der Waals surface area contributed by atoms with Crippen molar-refractivity contribution in [3.8, 4) is 11.5 Å². The lowest BCUT2D eigenvalue weighted by Gasteiger charge is -2.30. The highest BCUT2D eigenvalue weighted by Crippen LogP contribution is 2.33. The van der Waals surface area contributed by atoms with Gasteiger partial charge in [-0.2, -0.15) is 0 Å². The van der Waals surface area contributed by atoms with Crippen molar-refractivity contribution in [1.29, 1.82) is 0 Å². The molecule has 0 saturated heterocycles. The van der Waals surface area contributed by atoms with Crippen LogP contribution in [0.3, 0.4) is 0 Å². The molecule has 3 atom stereocenters. The molecule has 0 aliphatic carbocycles. The van der Waals surface area contributed by atoms with Gasteiger partial charge in [-0.1, -0.05) is 33.8 Å². The van der Waals surface area contributed by atoms with Crippen molar-refractivity contribution in [2.75, 3.05) is 7.11 Å². The average Bonchev–Trinajstić information content (AvgIpc) is 2.79. The van der Waals surface area contributed by atoms with Crippen molar-refractivity contribution in [3.63, 3.8) is 0 Å². The molecule has 0 radical (unpaired) electrons. The van der Waals surface area contributed by atoms with Crippen molar-refractivity contribution in [2.24, 2.45) is 11.8 Å². The minimum absolute atomic E-state index is 0.0552. The first-order chi connectivity index (χ1) is 17.3. The van der Waals surface area contributed by atoms with Crippen LogP contribution in [0, 0.1) is 24.6 Å². The zero-order chi connectivity index (χ0) is 27.9. The van der Waals surface area contributed by atoms with Crippen LogP contribution in [0.1, 0.15) is 75.5 Å². The van der Waals surface area contributed by atoms with Crippen LogP contribution >= 0.6 is 0 Å². The number of nitrogens with one attached hydrogen (secondary N) is 1. The molecule has 1 amide bonds. The molecule has 0 unspecified atom stereocenters. The first-order valence-corrected chi connectivity index (χ1v) is 12.3. The van der Waals surface area contributed by atoms with Crippen molar-refractivity contribution in [3.05, 3.63) is 53.1 Å². The number of amides is 1. The van der Waals surface area contributed by atoms with Crippen LogP contribution in [0.15, 0.2) is 30.5 Å². The molecule has 8 nitrogen and oxygen atoms in total. The van der Waals surface area contributed by atoms with Crippen LogP contribution in [0.2, 0.25) is 0 Å². The summed E-state index contributed by atoms with van der Waals surface area (Å²) in [6.07, 6.45) is 1.11. The van der Waals surface area contributed by atoms with Gasteiger partial charge in [0.15, 0.2) is 11.4 Å². The molecule has 37 heavy (non-hydrogen) atoms. The van der Waals surface area contributed by atoms with Crippen molar-refractivity contribution in [1.82, 2.24) is 10.3 Å². The van der Waals surface area contributed by atoms with Crippen LogP contribution in [0.25, 0.3) is 0 Å². The maximum atomic E-state index is 13.7. The number of aromatic nitrogens is 1. The summed E-state index contributed by atoms with van der Waals surface area (Å²) in [6.45, 7) is 12.7. The molecule has 9 heteroatoms. The maximum absolute atomic E-state index is 13.7. The van der Waals surface area contributed by atoms with E-state index >= 15 is 0 Å². The molecule has 2 aromatic rings. The fraction of sp³-hybridized carbons (Fsp3) is 0.500. The van der Waals surface area contributed by atoms with Gasteiger partial charge in [0.2, 0.25) is 5.75 Å². The van der Waals surface area contributed by atoms with E-state index in [4.69, 9.17) is 14.2 Å². The standard InChI is InChI=1S/C28H37FN2O6/c1-15(2)13-22(31-27(33)25-26(37-19(7)32)23(35-8)11-12-30-25)28(34)36-18(6)24(16(3)4)21-10-9-20(29)14-17(21)5/h9-12,14-16,18,22,24H,13H2,1-8H3,(H,31,33)/t18-,22-,24+/m0/s1.